The lowest BCUT2D eigenvalue weighted by Crippen LogP contribution is -2.32. The van der Waals surface area contributed by atoms with E-state index < -0.39 is 0 Å². The molecule has 1 amide bonds. The molecule has 0 aliphatic heterocycles. The molecule has 0 aromatic heterocycles. The van der Waals surface area contributed by atoms with Crippen LogP contribution in [-0.4, -0.2) is 11.4 Å². The molecular formula is C13H16N2O. The monoisotopic (exact) mass is 216 g/mol. The number of amides is 1. The number of nitrogens with one attached hydrogen (secondary N) is 1. The molecule has 0 atom stereocenters. The van der Waals surface area contributed by atoms with Crippen LogP contribution in [0, 0.1) is 0 Å². The summed E-state index contributed by atoms with van der Waals surface area (Å²) in [6.07, 6.45) is 5.48. The van der Waals surface area contributed by atoms with Gasteiger partial charge < -0.3 is 11.1 Å². The Hall–Kier alpha value is -1.77. The molecule has 3 nitrogen and oxygen atoms in total. The molecule has 0 bridgehead atoms. The third-order valence-electron chi connectivity index (χ3n) is 2.76. The van der Waals surface area contributed by atoms with Crippen molar-refractivity contribution in [2.45, 2.75) is 25.3 Å². The van der Waals surface area contributed by atoms with E-state index in [-0.39, 0.29) is 11.4 Å². The topological polar surface area (TPSA) is 55.1 Å². The molecule has 2 rings (SSSR count). The number of rotatable bonds is 3. The smallest absolute Gasteiger partial charge is 0.244 e. The first-order chi connectivity index (χ1) is 7.57. The van der Waals surface area contributed by atoms with Crippen molar-refractivity contribution in [3.63, 3.8) is 0 Å². The molecule has 1 aliphatic rings. The first kappa shape index (κ1) is 10.7. The summed E-state index contributed by atoms with van der Waals surface area (Å²) in [6, 6.07) is 7.44. The molecule has 1 saturated carbocycles. The van der Waals surface area contributed by atoms with Gasteiger partial charge in [-0.2, -0.15) is 0 Å². The lowest BCUT2D eigenvalue weighted by atomic mass is 10.2. The van der Waals surface area contributed by atoms with Crippen LogP contribution in [0.4, 0.5) is 5.69 Å². The van der Waals surface area contributed by atoms with Crippen LogP contribution < -0.4 is 11.1 Å². The second-order valence-electron chi connectivity index (χ2n) is 4.55. The number of hydrogen-bond donors (Lipinski definition) is 2. The van der Waals surface area contributed by atoms with Gasteiger partial charge >= 0.3 is 0 Å². The maximum Gasteiger partial charge on any atom is 0.244 e. The molecule has 0 radical (unpaired) electrons. The van der Waals surface area contributed by atoms with Crippen molar-refractivity contribution >= 4 is 17.7 Å². The Bertz CT molecular complexity index is 433. The zero-order valence-corrected chi connectivity index (χ0v) is 9.36. The van der Waals surface area contributed by atoms with Crippen LogP contribution in [0.15, 0.2) is 30.3 Å². The number of anilines is 1. The number of carbonyl (C=O) groups excluding carboxylic acids is 1. The van der Waals surface area contributed by atoms with Crippen molar-refractivity contribution in [3.05, 3.63) is 35.9 Å². The fraction of sp³-hybridized carbons (Fsp3) is 0.308. The number of benzene rings is 1. The molecule has 0 saturated heterocycles. The van der Waals surface area contributed by atoms with Crippen molar-refractivity contribution in [1.82, 2.24) is 5.32 Å². The molecule has 1 aromatic carbocycles. The van der Waals surface area contributed by atoms with E-state index in [9.17, 15) is 4.79 Å². The average Bonchev–Trinajstić information content (AvgIpc) is 2.93. The van der Waals surface area contributed by atoms with Gasteiger partial charge in [0.2, 0.25) is 5.91 Å². The maximum atomic E-state index is 11.5. The van der Waals surface area contributed by atoms with Crippen molar-refractivity contribution in [3.8, 4) is 0 Å². The summed E-state index contributed by atoms with van der Waals surface area (Å²) in [7, 11) is 0. The summed E-state index contributed by atoms with van der Waals surface area (Å²) in [4.78, 5) is 11.5. The van der Waals surface area contributed by atoms with E-state index in [1.54, 1.807) is 12.2 Å². The fourth-order valence-electron chi connectivity index (χ4n) is 1.49. The molecule has 16 heavy (non-hydrogen) atoms. The van der Waals surface area contributed by atoms with Crippen LogP contribution in [0.2, 0.25) is 0 Å². The molecule has 1 aromatic rings. The molecular weight excluding hydrogens is 200 g/mol. The third-order valence-corrected chi connectivity index (χ3v) is 2.76. The first-order valence-corrected chi connectivity index (χ1v) is 5.43. The highest BCUT2D eigenvalue weighted by molar-refractivity contribution is 5.92. The highest BCUT2D eigenvalue weighted by Crippen LogP contribution is 2.34. The van der Waals surface area contributed by atoms with Gasteiger partial charge in [0.1, 0.15) is 0 Å². The predicted molar refractivity (Wildman–Crippen MR) is 65.7 cm³/mol. The molecule has 1 aliphatic carbocycles. The Kier molecular flexibility index (Phi) is 2.69. The highest BCUT2D eigenvalue weighted by Gasteiger charge is 2.38. The van der Waals surface area contributed by atoms with E-state index in [4.69, 9.17) is 5.73 Å². The minimum atomic E-state index is -0.0394. The minimum absolute atomic E-state index is 0.0388. The van der Waals surface area contributed by atoms with E-state index in [0.29, 0.717) is 5.69 Å². The number of nitrogens with two attached hydrogens (primary N) is 1. The van der Waals surface area contributed by atoms with Gasteiger partial charge in [0.15, 0.2) is 0 Å². The van der Waals surface area contributed by atoms with E-state index in [2.05, 4.69) is 12.2 Å². The van der Waals surface area contributed by atoms with Gasteiger partial charge in [0, 0.05) is 17.3 Å². The summed E-state index contributed by atoms with van der Waals surface area (Å²) in [5, 5.41) is 2.96. The van der Waals surface area contributed by atoms with Crippen molar-refractivity contribution < 1.29 is 4.79 Å². The Balaban J connectivity index is 1.95. The van der Waals surface area contributed by atoms with Gasteiger partial charge in [-0.3, -0.25) is 4.79 Å². The largest absolute Gasteiger partial charge is 0.399 e. The third kappa shape index (κ3) is 2.86. The Morgan fingerprint density at radius 2 is 2.25 bits per heavy atom. The van der Waals surface area contributed by atoms with E-state index in [1.165, 1.54) is 0 Å². The van der Waals surface area contributed by atoms with Crippen LogP contribution in [0.1, 0.15) is 25.3 Å². The Morgan fingerprint density at radius 1 is 1.50 bits per heavy atom. The number of hydrogen-bond acceptors (Lipinski definition) is 2. The maximum absolute atomic E-state index is 11.5. The van der Waals surface area contributed by atoms with Crippen molar-refractivity contribution in [2.24, 2.45) is 0 Å². The number of carbonyl (C=O) groups is 1. The van der Waals surface area contributed by atoms with E-state index in [1.807, 2.05) is 24.3 Å². The normalized spacial score (nSPS) is 17.3. The molecule has 3 heteroatoms. The zero-order valence-electron chi connectivity index (χ0n) is 9.36. The van der Waals surface area contributed by atoms with Crippen LogP contribution in [0.5, 0.6) is 0 Å². The average molecular weight is 216 g/mol. The van der Waals surface area contributed by atoms with Crippen LogP contribution >= 0.6 is 0 Å². The lowest BCUT2D eigenvalue weighted by molar-refractivity contribution is -0.117. The van der Waals surface area contributed by atoms with Gasteiger partial charge in [0.05, 0.1) is 0 Å². The van der Waals surface area contributed by atoms with Gasteiger partial charge in [-0.15, -0.1) is 0 Å². The fourth-order valence-corrected chi connectivity index (χ4v) is 1.49. The summed E-state index contributed by atoms with van der Waals surface area (Å²) < 4.78 is 0. The van der Waals surface area contributed by atoms with Gasteiger partial charge in [0.25, 0.3) is 0 Å². The van der Waals surface area contributed by atoms with Crippen LogP contribution in [-0.2, 0) is 4.79 Å². The van der Waals surface area contributed by atoms with E-state index >= 15 is 0 Å². The van der Waals surface area contributed by atoms with Crippen LogP contribution in [0.3, 0.4) is 0 Å². The van der Waals surface area contributed by atoms with Crippen molar-refractivity contribution in [1.29, 1.82) is 0 Å². The highest BCUT2D eigenvalue weighted by atomic mass is 16.1. The second-order valence-corrected chi connectivity index (χ2v) is 4.55. The molecule has 0 unspecified atom stereocenters. The lowest BCUT2D eigenvalue weighted by Gasteiger charge is -2.08. The molecule has 84 valence electrons. The standard InChI is InChI=1S/C13H16N2O/c1-13(7-8-13)15-12(16)6-5-10-3-2-4-11(14)9-10/h2-6,9H,7-8,14H2,1H3,(H,15,16)/b6-5+. The summed E-state index contributed by atoms with van der Waals surface area (Å²) in [5.74, 6) is -0.0394. The summed E-state index contributed by atoms with van der Waals surface area (Å²) >= 11 is 0. The Morgan fingerprint density at radius 3 is 2.88 bits per heavy atom. The Labute approximate surface area is 95.3 Å². The molecule has 3 N–H and O–H groups in total. The quantitative estimate of drug-likeness (QED) is 0.599. The molecule has 1 fully saturated rings. The molecule has 0 spiro atoms. The van der Waals surface area contributed by atoms with Gasteiger partial charge in [-0.05, 0) is 43.5 Å². The summed E-state index contributed by atoms with van der Waals surface area (Å²) in [6.45, 7) is 2.05. The SMILES string of the molecule is CC1(NC(=O)/C=C/c2cccc(N)c2)CC1. The minimum Gasteiger partial charge on any atom is -0.399 e. The van der Waals surface area contributed by atoms with Crippen LogP contribution in [0.25, 0.3) is 6.08 Å². The zero-order chi connectivity index (χ0) is 11.6. The summed E-state index contributed by atoms with van der Waals surface area (Å²) in [5.41, 5.74) is 7.33. The van der Waals surface area contributed by atoms with Crippen molar-refractivity contribution in [2.75, 3.05) is 5.73 Å². The van der Waals surface area contributed by atoms with Gasteiger partial charge in [-0.25, -0.2) is 0 Å². The van der Waals surface area contributed by atoms with E-state index in [0.717, 1.165) is 18.4 Å². The predicted octanol–water partition coefficient (Wildman–Crippen LogP) is 1.95. The molecule has 0 heterocycles. The first-order valence-electron chi connectivity index (χ1n) is 5.43. The number of nitrogen functional groups attached to an aromatic ring is 1. The van der Waals surface area contributed by atoms with Gasteiger partial charge in [-0.1, -0.05) is 12.1 Å². The second kappa shape index (κ2) is 4.00.